The summed E-state index contributed by atoms with van der Waals surface area (Å²) in [5, 5.41) is 21.2. The van der Waals surface area contributed by atoms with Gasteiger partial charge in [0.05, 0.1) is 0 Å². The van der Waals surface area contributed by atoms with Crippen LogP contribution in [0.2, 0.25) is 0 Å². The summed E-state index contributed by atoms with van der Waals surface area (Å²) in [5.41, 5.74) is 1.07. The van der Waals surface area contributed by atoms with Gasteiger partial charge in [0.15, 0.2) is 0 Å². The smallest absolute Gasteiger partial charge is 0.317 e. The molecule has 1 saturated heterocycles. The van der Waals surface area contributed by atoms with E-state index in [9.17, 15) is 14.7 Å². The number of carboxylic acid groups (broad SMARTS) is 1. The molecule has 2 rings (SSSR count). The molecule has 132 valence electrons. The zero-order chi connectivity index (χ0) is 17.4. The second-order valence-electron chi connectivity index (χ2n) is 6.41. The van der Waals surface area contributed by atoms with Gasteiger partial charge in [0, 0.05) is 32.2 Å². The fourth-order valence-corrected chi connectivity index (χ4v) is 3.09. The van der Waals surface area contributed by atoms with Crippen LogP contribution in [0.4, 0.5) is 4.79 Å². The van der Waals surface area contributed by atoms with E-state index < -0.39 is 5.97 Å². The normalized spacial score (nSPS) is 18.9. The number of carbonyl (C=O) groups is 2. The van der Waals surface area contributed by atoms with E-state index in [0.717, 1.165) is 18.4 Å². The maximum Gasteiger partial charge on any atom is 0.317 e. The summed E-state index contributed by atoms with van der Waals surface area (Å²) in [6.07, 6.45) is 2.85. The van der Waals surface area contributed by atoms with E-state index in [-0.39, 0.29) is 31.0 Å². The standard InChI is InChI=1S/C18H26N2O4/c21-13-15-7-4-10-20(12-15)18(24)19-16(8-9-17(22)23)11-14-5-2-1-3-6-14/h1-3,5-6,15-16,21H,4,7-13H2,(H,19,24)(H,22,23). The van der Waals surface area contributed by atoms with Gasteiger partial charge in [-0.25, -0.2) is 4.79 Å². The molecule has 1 heterocycles. The number of benzene rings is 1. The number of aliphatic hydroxyl groups is 1. The average molecular weight is 334 g/mol. The Morgan fingerprint density at radius 2 is 2.04 bits per heavy atom. The van der Waals surface area contributed by atoms with E-state index in [0.29, 0.717) is 25.9 Å². The second-order valence-corrected chi connectivity index (χ2v) is 6.41. The molecule has 1 fully saturated rings. The fourth-order valence-electron chi connectivity index (χ4n) is 3.09. The average Bonchev–Trinajstić information content (AvgIpc) is 2.60. The van der Waals surface area contributed by atoms with Crippen molar-refractivity contribution in [2.45, 2.75) is 38.1 Å². The Bertz CT molecular complexity index is 535. The molecule has 0 spiro atoms. The first kappa shape index (κ1) is 18.3. The molecule has 3 N–H and O–H groups in total. The van der Waals surface area contributed by atoms with Crippen LogP contribution in [0, 0.1) is 5.92 Å². The summed E-state index contributed by atoms with van der Waals surface area (Å²) in [7, 11) is 0. The molecule has 1 aromatic rings. The van der Waals surface area contributed by atoms with Gasteiger partial charge >= 0.3 is 12.0 Å². The van der Waals surface area contributed by atoms with Crippen molar-refractivity contribution < 1.29 is 19.8 Å². The highest BCUT2D eigenvalue weighted by Gasteiger charge is 2.25. The first-order valence-electron chi connectivity index (χ1n) is 8.50. The van der Waals surface area contributed by atoms with E-state index >= 15 is 0 Å². The molecule has 0 aromatic heterocycles. The molecule has 6 nitrogen and oxygen atoms in total. The Morgan fingerprint density at radius 3 is 2.71 bits per heavy atom. The van der Waals surface area contributed by atoms with Crippen LogP contribution in [-0.4, -0.2) is 52.9 Å². The number of nitrogens with zero attached hydrogens (tertiary/aromatic N) is 1. The van der Waals surface area contributed by atoms with E-state index in [1.165, 1.54) is 0 Å². The number of piperidine rings is 1. The summed E-state index contributed by atoms with van der Waals surface area (Å²) in [6.45, 7) is 1.33. The lowest BCUT2D eigenvalue weighted by Gasteiger charge is -2.33. The number of rotatable bonds is 7. The van der Waals surface area contributed by atoms with Crippen molar-refractivity contribution in [1.29, 1.82) is 0 Å². The summed E-state index contributed by atoms with van der Waals surface area (Å²) in [5.74, 6) is -0.725. The highest BCUT2D eigenvalue weighted by Crippen LogP contribution is 2.16. The number of likely N-dealkylation sites (tertiary alicyclic amines) is 1. The number of hydrogen-bond acceptors (Lipinski definition) is 3. The Labute approximate surface area is 142 Å². The molecule has 1 aromatic carbocycles. The zero-order valence-corrected chi connectivity index (χ0v) is 13.9. The molecule has 2 atom stereocenters. The minimum atomic E-state index is -0.861. The summed E-state index contributed by atoms with van der Waals surface area (Å²) >= 11 is 0. The molecule has 1 aliphatic heterocycles. The minimum Gasteiger partial charge on any atom is -0.481 e. The van der Waals surface area contributed by atoms with Gasteiger partial charge in [0.25, 0.3) is 0 Å². The van der Waals surface area contributed by atoms with Crippen LogP contribution in [0.5, 0.6) is 0 Å². The van der Waals surface area contributed by atoms with Crippen LogP contribution in [-0.2, 0) is 11.2 Å². The van der Waals surface area contributed by atoms with Gasteiger partial charge < -0.3 is 20.4 Å². The lowest BCUT2D eigenvalue weighted by atomic mass is 9.99. The highest BCUT2D eigenvalue weighted by atomic mass is 16.4. The van der Waals surface area contributed by atoms with E-state index in [2.05, 4.69) is 5.32 Å². The van der Waals surface area contributed by atoms with Crippen molar-refractivity contribution in [2.75, 3.05) is 19.7 Å². The minimum absolute atomic E-state index is 0.0248. The second kappa shape index (κ2) is 9.27. The molecule has 24 heavy (non-hydrogen) atoms. The highest BCUT2D eigenvalue weighted by molar-refractivity contribution is 5.75. The maximum atomic E-state index is 12.5. The van der Waals surface area contributed by atoms with Gasteiger partial charge in [-0.3, -0.25) is 4.79 Å². The van der Waals surface area contributed by atoms with Gasteiger partial charge in [0.2, 0.25) is 0 Å². The number of aliphatic hydroxyl groups excluding tert-OH is 1. The predicted octanol–water partition coefficient (Wildman–Crippen LogP) is 1.88. The maximum absolute atomic E-state index is 12.5. The molecule has 0 aliphatic carbocycles. The Kier molecular flexibility index (Phi) is 7.06. The molecule has 0 radical (unpaired) electrons. The topological polar surface area (TPSA) is 89.9 Å². The number of carboxylic acids is 1. The third-order valence-electron chi connectivity index (χ3n) is 4.42. The predicted molar refractivity (Wildman–Crippen MR) is 90.7 cm³/mol. The fraction of sp³-hybridized carbons (Fsp3) is 0.556. The molecule has 2 amide bonds. The lowest BCUT2D eigenvalue weighted by Crippen LogP contribution is -2.49. The number of nitrogens with one attached hydrogen (secondary N) is 1. The zero-order valence-electron chi connectivity index (χ0n) is 13.9. The van der Waals surface area contributed by atoms with E-state index in [1.54, 1.807) is 4.90 Å². The summed E-state index contributed by atoms with van der Waals surface area (Å²) < 4.78 is 0. The van der Waals surface area contributed by atoms with Crippen LogP contribution < -0.4 is 5.32 Å². The number of aliphatic carboxylic acids is 1. The third kappa shape index (κ3) is 5.85. The number of amides is 2. The van der Waals surface area contributed by atoms with Gasteiger partial charge in [-0.15, -0.1) is 0 Å². The molecule has 0 saturated carbocycles. The number of urea groups is 1. The van der Waals surface area contributed by atoms with E-state index in [4.69, 9.17) is 5.11 Å². The third-order valence-corrected chi connectivity index (χ3v) is 4.42. The van der Waals surface area contributed by atoms with Crippen molar-refractivity contribution in [2.24, 2.45) is 5.92 Å². The van der Waals surface area contributed by atoms with E-state index in [1.807, 2.05) is 30.3 Å². The molecular weight excluding hydrogens is 308 g/mol. The Balaban J connectivity index is 1.95. The van der Waals surface area contributed by atoms with Crippen molar-refractivity contribution in [3.63, 3.8) is 0 Å². The van der Waals surface area contributed by atoms with Crippen molar-refractivity contribution >= 4 is 12.0 Å². The first-order valence-corrected chi connectivity index (χ1v) is 8.50. The van der Waals surface area contributed by atoms with Gasteiger partial charge in [0.1, 0.15) is 0 Å². The summed E-state index contributed by atoms with van der Waals surface area (Å²) in [6, 6.07) is 9.36. The SMILES string of the molecule is O=C(O)CCC(Cc1ccccc1)NC(=O)N1CCCC(CO)C1. The molecule has 0 bridgehead atoms. The van der Waals surface area contributed by atoms with Crippen LogP contribution in [0.1, 0.15) is 31.2 Å². The number of hydrogen-bond donors (Lipinski definition) is 3. The van der Waals surface area contributed by atoms with Crippen molar-refractivity contribution in [3.05, 3.63) is 35.9 Å². The van der Waals surface area contributed by atoms with Gasteiger partial charge in [-0.2, -0.15) is 0 Å². The number of carbonyl (C=O) groups excluding carboxylic acids is 1. The summed E-state index contributed by atoms with van der Waals surface area (Å²) in [4.78, 5) is 25.1. The lowest BCUT2D eigenvalue weighted by molar-refractivity contribution is -0.137. The van der Waals surface area contributed by atoms with Crippen LogP contribution >= 0.6 is 0 Å². The quantitative estimate of drug-likeness (QED) is 0.710. The molecule has 6 heteroatoms. The van der Waals surface area contributed by atoms with Gasteiger partial charge in [-0.05, 0) is 37.2 Å². The van der Waals surface area contributed by atoms with Crippen LogP contribution in [0.15, 0.2) is 30.3 Å². The first-order chi connectivity index (χ1) is 11.6. The van der Waals surface area contributed by atoms with Gasteiger partial charge in [-0.1, -0.05) is 30.3 Å². The Hall–Kier alpha value is -2.08. The van der Waals surface area contributed by atoms with Crippen LogP contribution in [0.25, 0.3) is 0 Å². The van der Waals surface area contributed by atoms with Crippen molar-refractivity contribution in [3.8, 4) is 0 Å². The molecule has 2 unspecified atom stereocenters. The Morgan fingerprint density at radius 1 is 1.29 bits per heavy atom. The molecular formula is C18H26N2O4. The molecule has 1 aliphatic rings. The van der Waals surface area contributed by atoms with Crippen LogP contribution in [0.3, 0.4) is 0 Å². The largest absolute Gasteiger partial charge is 0.481 e. The monoisotopic (exact) mass is 334 g/mol. The van der Waals surface area contributed by atoms with Crippen molar-refractivity contribution in [1.82, 2.24) is 10.2 Å².